The van der Waals surface area contributed by atoms with Crippen LogP contribution in [0.25, 0.3) is 0 Å². The van der Waals surface area contributed by atoms with E-state index in [4.69, 9.17) is 0 Å². The largest absolute Gasteiger partial charge is 0.545 e. The normalized spacial score (nSPS) is 16.2. The van der Waals surface area contributed by atoms with Crippen molar-refractivity contribution in [1.82, 2.24) is 5.32 Å². The molecule has 1 aliphatic heterocycles. The third kappa shape index (κ3) is 1.28. The minimum Gasteiger partial charge on any atom is -0.545 e. The number of nitrogens with one attached hydrogen (secondary N) is 1. The molecule has 1 aliphatic rings. The summed E-state index contributed by atoms with van der Waals surface area (Å²) in [5, 5.41) is 12.6. The van der Waals surface area contributed by atoms with E-state index in [0.717, 1.165) is 0 Å². The van der Waals surface area contributed by atoms with E-state index in [0.29, 0.717) is 0 Å². The van der Waals surface area contributed by atoms with E-state index in [9.17, 15) is 9.90 Å². The molecule has 1 N–H and O–H groups in total. The van der Waals surface area contributed by atoms with Crippen molar-refractivity contribution in [3.05, 3.63) is 11.8 Å². The molecular formula is C5H5N2O2-. The zero-order chi connectivity index (χ0) is 6.69. The lowest BCUT2D eigenvalue weighted by Crippen LogP contribution is -2.28. The third-order valence-corrected chi connectivity index (χ3v) is 0.947. The first kappa shape index (κ1) is 5.81. The Bertz CT molecular complexity index is 183. The van der Waals surface area contributed by atoms with Gasteiger partial charge in [-0.1, -0.05) is 0 Å². The molecule has 0 radical (unpaired) electrons. The highest BCUT2D eigenvalue weighted by Crippen LogP contribution is 1.93. The molecule has 4 heteroatoms. The summed E-state index contributed by atoms with van der Waals surface area (Å²) in [5.74, 6) is -1.17. The Kier molecular flexibility index (Phi) is 1.48. The van der Waals surface area contributed by atoms with Crippen LogP contribution >= 0.6 is 0 Å². The fourth-order valence-electron chi connectivity index (χ4n) is 0.504. The summed E-state index contributed by atoms with van der Waals surface area (Å²) in [6.07, 6.45) is 2.80. The maximum absolute atomic E-state index is 10.1. The molecule has 0 aromatic carbocycles. The molecule has 4 nitrogen and oxygen atoms in total. The summed E-state index contributed by atoms with van der Waals surface area (Å²) in [6.45, 7) is 0.204. The van der Waals surface area contributed by atoms with Gasteiger partial charge in [-0.15, -0.1) is 0 Å². The lowest BCUT2D eigenvalue weighted by atomic mass is 10.3. The molecule has 0 bridgehead atoms. The number of carboxylic acids is 1. The Morgan fingerprint density at radius 2 is 2.67 bits per heavy atom. The number of aliphatic carboxylic acids is 1. The number of carbonyl (C=O) groups excluding carboxylic acids is 1. The number of rotatable bonds is 1. The quantitative estimate of drug-likeness (QED) is 0.452. The van der Waals surface area contributed by atoms with Crippen molar-refractivity contribution >= 4 is 12.3 Å². The van der Waals surface area contributed by atoms with Gasteiger partial charge in [-0.2, -0.15) is 0 Å². The van der Waals surface area contributed by atoms with Gasteiger partial charge in [0.1, 0.15) is 0 Å². The van der Waals surface area contributed by atoms with Crippen LogP contribution < -0.4 is 10.4 Å². The summed E-state index contributed by atoms with van der Waals surface area (Å²) >= 11 is 0. The number of aliphatic imine (C=N–C) groups is 1. The number of carbonyl (C=O) groups is 1. The lowest BCUT2D eigenvalue weighted by molar-refractivity contribution is -0.299. The molecule has 9 heavy (non-hydrogen) atoms. The van der Waals surface area contributed by atoms with Gasteiger partial charge in [-0.25, -0.2) is 0 Å². The monoisotopic (exact) mass is 125 g/mol. The number of hydrogen-bond donors (Lipinski definition) is 1. The molecule has 0 saturated heterocycles. The average molecular weight is 125 g/mol. The van der Waals surface area contributed by atoms with Crippen LogP contribution in [0, 0.1) is 0 Å². The van der Waals surface area contributed by atoms with E-state index in [-0.39, 0.29) is 12.1 Å². The van der Waals surface area contributed by atoms with E-state index in [1.54, 1.807) is 0 Å². The molecule has 48 valence electrons. The second kappa shape index (κ2) is 2.30. The molecule has 0 amide bonds. The Balaban J connectivity index is 2.61. The highest BCUT2D eigenvalue weighted by molar-refractivity contribution is 5.86. The number of nitrogens with zero attached hydrogens (tertiary/aromatic N) is 1. The number of hydrogen-bond acceptors (Lipinski definition) is 4. The second-order valence-corrected chi connectivity index (χ2v) is 1.59. The summed E-state index contributed by atoms with van der Waals surface area (Å²) in [5.41, 5.74) is 0.178. The van der Waals surface area contributed by atoms with Crippen molar-refractivity contribution in [2.45, 2.75) is 0 Å². The van der Waals surface area contributed by atoms with Crippen molar-refractivity contribution < 1.29 is 9.90 Å². The molecule has 0 aromatic rings. The molecule has 0 spiro atoms. The fraction of sp³-hybridized carbons (Fsp3) is 0.200. The standard InChI is InChI=1S/C5H6N2O2/c8-5(9)4-1-6-3-7-2-4/h1,3H,2H2,(H,6,7)(H,8,9)/p-1. The summed E-state index contributed by atoms with van der Waals surface area (Å²) in [4.78, 5) is 13.7. The predicted octanol–water partition coefficient (Wildman–Crippen LogP) is -1.75. The SMILES string of the molecule is O=C([O-])C1=CNC=NC1. The Hall–Kier alpha value is -1.32. The van der Waals surface area contributed by atoms with Crippen LogP contribution in [0.2, 0.25) is 0 Å². The third-order valence-electron chi connectivity index (χ3n) is 0.947. The van der Waals surface area contributed by atoms with E-state index in [1.807, 2.05) is 0 Å². The fourth-order valence-corrected chi connectivity index (χ4v) is 0.504. The molecule has 0 atom stereocenters. The molecular weight excluding hydrogens is 120 g/mol. The van der Waals surface area contributed by atoms with Crippen LogP contribution in [-0.4, -0.2) is 18.9 Å². The van der Waals surface area contributed by atoms with Gasteiger partial charge in [0.15, 0.2) is 0 Å². The maximum Gasteiger partial charge on any atom is 0.0867 e. The van der Waals surface area contributed by atoms with Crippen molar-refractivity contribution in [2.24, 2.45) is 4.99 Å². The molecule has 0 aliphatic carbocycles. The van der Waals surface area contributed by atoms with Crippen LogP contribution in [0.15, 0.2) is 16.8 Å². The summed E-state index contributed by atoms with van der Waals surface area (Å²) in [6, 6.07) is 0. The molecule has 0 fully saturated rings. The van der Waals surface area contributed by atoms with Gasteiger partial charge in [-0.05, 0) is 0 Å². The summed E-state index contributed by atoms with van der Waals surface area (Å²) in [7, 11) is 0. The van der Waals surface area contributed by atoms with Gasteiger partial charge in [0.05, 0.1) is 18.9 Å². The Morgan fingerprint density at radius 3 is 3.00 bits per heavy atom. The lowest BCUT2D eigenvalue weighted by Gasteiger charge is -2.08. The van der Waals surface area contributed by atoms with Gasteiger partial charge >= 0.3 is 0 Å². The smallest absolute Gasteiger partial charge is 0.0867 e. The topological polar surface area (TPSA) is 64.5 Å². The molecule has 0 unspecified atom stereocenters. The predicted molar refractivity (Wildman–Crippen MR) is 29.6 cm³/mol. The van der Waals surface area contributed by atoms with E-state index >= 15 is 0 Å². The van der Waals surface area contributed by atoms with E-state index in [2.05, 4.69) is 10.3 Å². The van der Waals surface area contributed by atoms with Gasteiger partial charge in [-0.3, -0.25) is 4.99 Å². The minimum atomic E-state index is -1.17. The minimum absolute atomic E-state index is 0.178. The van der Waals surface area contributed by atoms with Gasteiger partial charge < -0.3 is 15.2 Å². The maximum atomic E-state index is 10.1. The average Bonchev–Trinajstić information content (AvgIpc) is 1.90. The van der Waals surface area contributed by atoms with E-state index < -0.39 is 5.97 Å². The van der Waals surface area contributed by atoms with Crippen molar-refractivity contribution in [2.75, 3.05) is 6.54 Å². The van der Waals surface area contributed by atoms with Crippen LogP contribution in [0.3, 0.4) is 0 Å². The zero-order valence-corrected chi connectivity index (χ0v) is 4.63. The summed E-state index contributed by atoms with van der Waals surface area (Å²) < 4.78 is 0. The van der Waals surface area contributed by atoms with Gasteiger partial charge in [0.2, 0.25) is 0 Å². The first-order valence-corrected chi connectivity index (χ1v) is 2.45. The van der Waals surface area contributed by atoms with Crippen molar-refractivity contribution in [1.29, 1.82) is 0 Å². The van der Waals surface area contributed by atoms with Crippen LogP contribution in [0.5, 0.6) is 0 Å². The van der Waals surface area contributed by atoms with Crippen molar-refractivity contribution in [3.63, 3.8) is 0 Å². The molecule has 0 saturated carbocycles. The van der Waals surface area contributed by atoms with Crippen LogP contribution in [0.1, 0.15) is 0 Å². The first-order valence-electron chi connectivity index (χ1n) is 2.45. The Labute approximate surface area is 51.9 Å². The highest BCUT2D eigenvalue weighted by atomic mass is 16.4. The molecule has 1 heterocycles. The molecule has 1 rings (SSSR count). The van der Waals surface area contributed by atoms with Gasteiger partial charge in [0, 0.05) is 11.8 Å². The van der Waals surface area contributed by atoms with Crippen molar-refractivity contribution in [3.8, 4) is 0 Å². The molecule has 0 aromatic heterocycles. The highest BCUT2D eigenvalue weighted by Gasteiger charge is 1.97. The van der Waals surface area contributed by atoms with E-state index in [1.165, 1.54) is 12.5 Å². The zero-order valence-electron chi connectivity index (χ0n) is 4.63. The number of carboxylic acid groups (broad SMARTS) is 1. The van der Waals surface area contributed by atoms with Crippen LogP contribution in [-0.2, 0) is 4.79 Å². The van der Waals surface area contributed by atoms with Crippen LogP contribution in [0.4, 0.5) is 0 Å². The Morgan fingerprint density at radius 1 is 1.89 bits per heavy atom. The second-order valence-electron chi connectivity index (χ2n) is 1.59. The first-order chi connectivity index (χ1) is 4.30. The van der Waals surface area contributed by atoms with Gasteiger partial charge in [0.25, 0.3) is 0 Å².